The van der Waals surface area contributed by atoms with E-state index in [9.17, 15) is 21.6 Å². The molecule has 0 N–H and O–H groups in total. The molecular formula is C9H13F3O4S. The minimum Gasteiger partial charge on any atom is -0.368 e. The molecule has 0 aliphatic heterocycles. The fraction of sp³-hybridized carbons (Fsp3) is 0.778. The highest BCUT2D eigenvalue weighted by Crippen LogP contribution is 2.25. The molecule has 0 unspecified atom stereocenters. The first-order chi connectivity index (χ1) is 7.67. The van der Waals surface area contributed by atoms with Gasteiger partial charge in [0.1, 0.15) is 6.61 Å². The number of hydrogen-bond donors (Lipinski definition) is 0. The van der Waals surface area contributed by atoms with Gasteiger partial charge >= 0.3 is 6.18 Å². The van der Waals surface area contributed by atoms with Gasteiger partial charge in [-0.05, 0) is 6.42 Å². The van der Waals surface area contributed by atoms with Crippen LogP contribution in [0.1, 0.15) is 6.42 Å². The van der Waals surface area contributed by atoms with Gasteiger partial charge in [0.15, 0.2) is 0 Å². The summed E-state index contributed by atoms with van der Waals surface area (Å²) in [7, 11) is -3.59. The summed E-state index contributed by atoms with van der Waals surface area (Å²) in [5.41, 5.74) is 0. The van der Waals surface area contributed by atoms with E-state index in [0.717, 1.165) is 6.26 Å². The Morgan fingerprint density at radius 3 is 2.59 bits per heavy atom. The summed E-state index contributed by atoms with van der Waals surface area (Å²) in [4.78, 5) is 0. The predicted octanol–water partition coefficient (Wildman–Crippen LogP) is 1.49. The zero-order valence-corrected chi connectivity index (χ0v) is 9.92. The Morgan fingerprint density at radius 2 is 2.06 bits per heavy atom. The van der Waals surface area contributed by atoms with Gasteiger partial charge in [-0.2, -0.15) is 21.6 Å². The molecule has 0 bridgehead atoms. The van der Waals surface area contributed by atoms with Crippen LogP contribution in [0.25, 0.3) is 0 Å². The Bertz CT molecular complexity index is 374. The maximum Gasteiger partial charge on any atom is 0.411 e. The summed E-state index contributed by atoms with van der Waals surface area (Å²) in [6.07, 6.45) is -0.599. The smallest absolute Gasteiger partial charge is 0.368 e. The third-order valence-corrected chi connectivity index (χ3v) is 2.73. The van der Waals surface area contributed by atoms with Gasteiger partial charge in [0, 0.05) is 5.92 Å². The fourth-order valence-electron chi connectivity index (χ4n) is 1.44. The van der Waals surface area contributed by atoms with E-state index in [1.54, 1.807) is 12.2 Å². The Kier molecular flexibility index (Phi) is 4.56. The molecule has 0 radical (unpaired) electrons. The summed E-state index contributed by atoms with van der Waals surface area (Å²) >= 11 is 0. The van der Waals surface area contributed by atoms with Gasteiger partial charge in [-0.15, -0.1) is 0 Å². The van der Waals surface area contributed by atoms with Gasteiger partial charge < -0.3 is 4.74 Å². The Morgan fingerprint density at radius 1 is 1.41 bits per heavy atom. The number of halogens is 3. The van der Waals surface area contributed by atoms with E-state index < -0.39 is 34.9 Å². The molecule has 0 amide bonds. The fourth-order valence-corrected chi connectivity index (χ4v) is 1.85. The van der Waals surface area contributed by atoms with Crippen molar-refractivity contribution in [2.45, 2.75) is 18.7 Å². The minimum atomic E-state index is -4.38. The molecule has 0 fully saturated rings. The lowest BCUT2D eigenvalue weighted by Crippen LogP contribution is -2.28. The van der Waals surface area contributed by atoms with Gasteiger partial charge in [-0.25, -0.2) is 0 Å². The lowest BCUT2D eigenvalue weighted by atomic mass is 10.1. The normalized spacial score (nSPS) is 25.4. The first-order valence-corrected chi connectivity index (χ1v) is 6.68. The van der Waals surface area contributed by atoms with Gasteiger partial charge in [0.25, 0.3) is 10.1 Å². The Hall–Kier alpha value is -0.600. The highest BCUT2D eigenvalue weighted by Gasteiger charge is 2.32. The van der Waals surface area contributed by atoms with Crippen molar-refractivity contribution in [3.8, 4) is 0 Å². The molecule has 2 atom stereocenters. The Balaban J connectivity index is 2.41. The van der Waals surface area contributed by atoms with Crippen molar-refractivity contribution in [1.82, 2.24) is 0 Å². The van der Waals surface area contributed by atoms with E-state index in [-0.39, 0.29) is 6.61 Å². The van der Waals surface area contributed by atoms with E-state index in [1.807, 2.05) is 0 Å². The van der Waals surface area contributed by atoms with Crippen LogP contribution in [0.5, 0.6) is 0 Å². The van der Waals surface area contributed by atoms with Crippen molar-refractivity contribution < 1.29 is 30.5 Å². The van der Waals surface area contributed by atoms with Crippen LogP contribution in [-0.2, 0) is 19.0 Å². The summed E-state index contributed by atoms with van der Waals surface area (Å²) in [6.45, 7) is -1.54. The van der Waals surface area contributed by atoms with Crippen molar-refractivity contribution in [3.05, 3.63) is 12.2 Å². The van der Waals surface area contributed by atoms with Crippen LogP contribution in [0.15, 0.2) is 12.2 Å². The molecule has 0 heterocycles. The quantitative estimate of drug-likeness (QED) is 0.563. The van der Waals surface area contributed by atoms with Crippen LogP contribution in [0.4, 0.5) is 13.2 Å². The molecule has 1 aliphatic rings. The molecule has 0 spiro atoms. The second-order valence-corrected chi connectivity index (χ2v) is 5.42. The summed E-state index contributed by atoms with van der Waals surface area (Å²) in [5, 5.41) is 0. The van der Waals surface area contributed by atoms with E-state index in [4.69, 9.17) is 0 Å². The minimum absolute atomic E-state index is 0.197. The van der Waals surface area contributed by atoms with Crippen LogP contribution in [-0.4, -0.2) is 40.2 Å². The molecule has 0 saturated heterocycles. The number of ether oxygens (including phenoxy) is 1. The van der Waals surface area contributed by atoms with Crippen LogP contribution in [0.3, 0.4) is 0 Å². The van der Waals surface area contributed by atoms with Gasteiger partial charge in [0.2, 0.25) is 0 Å². The van der Waals surface area contributed by atoms with Crippen molar-refractivity contribution in [3.63, 3.8) is 0 Å². The van der Waals surface area contributed by atoms with Crippen LogP contribution >= 0.6 is 0 Å². The highest BCUT2D eigenvalue weighted by molar-refractivity contribution is 7.85. The first-order valence-electron chi connectivity index (χ1n) is 4.87. The van der Waals surface area contributed by atoms with E-state index in [0.29, 0.717) is 6.42 Å². The summed E-state index contributed by atoms with van der Waals surface area (Å²) in [6, 6.07) is 0. The van der Waals surface area contributed by atoms with E-state index >= 15 is 0 Å². The van der Waals surface area contributed by atoms with Crippen LogP contribution < -0.4 is 0 Å². The second-order valence-electron chi connectivity index (χ2n) is 3.78. The topological polar surface area (TPSA) is 52.6 Å². The summed E-state index contributed by atoms with van der Waals surface area (Å²) < 4.78 is 66.5. The number of alkyl halides is 3. The second kappa shape index (κ2) is 5.36. The lowest BCUT2D eigenvalue weighted by Gasteiger charge is -2.20. The average molecular weight is 274 g/mol. The van der Waals surface area contributed by atoms with Gasteiger partial charge in [-0.3, -0.25) is 4.18 Å². The zero-order valence-electron chi connectivity index (χ0n) is 9.11. The molecule has 1 aliphatic carbocycles. The molecule has 1 rings (SSSR count). The lowest BCUT2D eigenvalue weighted by molar-refractivity contribution is -0.188. The van der Waals surface area contributed by atoms with Crippen molar-refractivity contribution in [1.29, 1.82) is 0 Å². The van der Waals surface area contributed by atoms with Crippen molar-refractivity contribution in [2.75, 3.05) is 19.5 Å². The van der Waals surface area contributed by atoms with E-state index in [2.05, 4.69) is 8.92 Å². The molecule has 0 aromatic carbocycles. The predicted molar refractivity (Wildman–Crippen MR) is 53.8 cm³/mol. The molecule has 0 saturated carbocycles. The van der Waals surface area contributed by atoms with E-state index in [1.165, 1.54) is 0 Å². The first kappa shape index (κ1) is 14.5. The largest absolute Gasteiger partial charge is 0.411 e. The number of rotatable bonds is 5. The maximum atomic E-state index is 11.9. The monoisotopic (exact) mass is 274 g/mol. The highest BCUT2D eigenvalue weighted by atomic mass is 32.2. The Labute approximate surface area is 97.5 Å². The summed E-state index contributed by atoms with van der Waals surface area (Å²) in [5.74, 6) is -0.466. The molecule has 8 heteroatoms. The van der Waals surface area contributed by atoms with Crippen LogP contribution in [0, 0.1) is 5.92 Å². The molecule has 17 heavy (non-hydrogen) atoms. The molecule has 4 nitrogen and oxygen atoms in total. The van der Waals surface area contributed by atoms with Crippen molar-refractivity contribution in [2.24, 2.45) is 5.92 Å². The van der Waals surface area contributed by atoms with Crippen molar-refractivity contribution >= 4 is 10.1 Å². The maximum absolute atomic E-state index is 11.9. The molecule has 0 aromatic rings. The van der Waals surface area contributed by atoms with Gasteiger partial charge in [0.05, 0.1) is 19.0 Å². The SMILES string of the molecule is CS(=O)(=O)OC[C@H]1C=CC[C@@H]1OCC(F)(F)F. The third kappa shape index (κ3) is 6.04. The third-order valence-electron chi connectivity index (χ3n) is 2.16. The average Bonchev–Trinajstić information content (AvgIpc) is 2.56. The van der Waals surface area contributed by atoms with Gasteiger partial charge in [-0.1, -0.05) is 12.2 Å². The molecule has 0 aromatic heterocycles. The molecule has 100 valence electrons. The standard InChI is InChI=1S/C9H13F3O4S/c1-17(13,14)16-5-7-3-2-4-8(7)15-6-9(10,11)12/h2-3,7-8H,4-6H2,1H3/t7-,8+/m1/s1. The van der Waals surface area contributed by atoms with Crippen LogP contribution in [0.2, 0.25) is 0 Å². The number of hydrogen-bond acceptors (Lipinski definition) is 4. The molecular weight excluding hydrogens is 261 g/mol. The zero-order chi connectivity index (χ0) is 13.1.